The van der Waals surface area contributed by atoms with Gasteiger partial charge in [0, 0.05) is 17.7 Å². The van der Waals surface area contributed by atoms with Gasteiger partial charge in [0.15, 0.2) is 0 Å². The van der Waals surface area contributed by atoms with Gasteiger partial charge in [-0.05, 0) is 25.7 Å². The average Bonchev–Trinajstić information content (AvgIpc) is 2.99. The lowest BCUT2D eigenvalue weighted by atomic mass is 9.99. The van der Waals surface area contributed by atoms with Crippen LogP contribution in [0.5, 0.6) is 0 Å². The van der Waals surface area contributed by atoms with Crippen LogP contribution in [-0.4, -0.2) is 29.6 Å². The number of carbonyl (C=O) groups is 1. The van der Waals surface area contributed by atoms with Crippen molar-refractivity contribution in [3.8, 4) is 0 Å². The molecule has 1 aliphatic carbocycles. The minimum atomic E-state index is 0.0360. The zero-order valence-electron chi connectivity index (χ0n) is 10.7. The normalized spacial score (nSPS) is 27.2. The summed E-state index contributed by atoms with van der Waals surface area (Å²) in [6, 6.07) is 0.365. The van der Waals surface area contributed by atoms with Crippen molar-refractivity contribution in [2.45, 2.75) is 57.5 Å². The molecule has 0 aromatic carbocycles. The van der Waals surface area contributed by atoms with Gasteiger partial charge >= 0.3 is 0 Å². The van der Waals surface area contributed by atoms with Gasteiger partial charge in [0.2, 0.25) is 5.91 Å². The number of rotatable bonds is 5. The van der Waals surface area contributed by atoms with Gasteiger partial charge in [-0.25, -0.2) is 0 Å². The second kappa shape index (κ2) is 6.64. The van der Waals surface area contributed by atoms with E-state index in [4.69, 9.17) is 0 Å². The van der Waals surface area contributed by atoms with E-state index >= 15 is 0 Å². The van der Waals surface area contributed by atoms with Crippen molar-refractivity contribution in [2.75, 3.05) is 11.6 Å². The average molecular weight is 256 g/mol. The molecule has 1 aliphatic heterocycles. The molecule has 0 spiro atoms. The Kier molecular flexibility index (Phi) is 5.16. The Labute approximate surface area is 108 Å². The maximum atomic E-state index is 11.9. The fourth-order valence-electron chi connectivity index (χ4n) is 2.76. The van der Waals surface area contributed by atoms with Crippen molar-refractivity contribution in [2.24, 2.45) is 5.92 Å². The predicted molar refractivity (Wildman–Crippen MR) is 73.0 cm³/mol. The monoisotopic (exact) mass is 256 g/mol. The summed E-state index contributed by atoms with van der Waals surface area (Å²) in [7, 11) is 0. The summed E-state index contributed by atoms with van der Waals surface area (Å²) in [5.41, 5.74) is 0. The summed E-state index contributed by atoms with van der Waals surface area (Å²) in [5, 5.41) is 6.34. The topological polar surface area (TPSA) is 41.1 Å². The highest BCUT2D eigenvalue weighted by Gasteiger charge is 2.23. The van der Waals surface area contributed by atoms with E-state index in [1.165, 1.54) is 32.1 Å². The third-order valence-corrected chi connectivity index (χ3v) is 4.84. The summed E-state index contributed by atoms with van der Waals surface area (Å²) in [5.74, 6) is 2.94. The quantitative estimate of drug-likeness (QED) is 0.792. The van der Waals surface area contributed by atoms with Gasteiger partial charge in [0.1, 0.15) is 0 Å². The van der Waals surface area contributed by atoms with E-state index in [9.17, 15) is 4.79 Å². The van der Waals surface area contributed by atoms with Crippen molar-refractivity contribution < 1.29 is 4.79 Å². The number of thioether (sulfide) groups is 1. The summed E-state index contributed by atoms with van der Waals surface area (Å²) >= 11 is 1.80. The van der Waals surface area contributed by atoms with Crippen LogP contribution >= 0.6 is 11.8 Å². The maximum Gasteiger partial charge on any atom is 0.238 e. The van der Waals surface area contributed by atoms with Gasteiger partial charge in [-0.2, -0.15) is 0 Å². The standard InChI is InChI=1S/C13H24N2OS/c1-10(6-7-11-4-2-3-5-11)15-13(16)12-8-17-9-14-12/h10-12,14H,2-9H2,1H3,(H,15,16)/t10-,12+/m1/s1. The van der Waals surface area contributed by atoms with E-state index in [1.807, 2.05) is 0 Å². The Hall–Kier alpha value is -0.220. The highest BCUT2D eigenvalue weighted by Crippen LogP contribution is 2.28. The minimum Gasteiger partial charge on any atom is -0.352 e. The fourth-order valence-corrected chi connectivity index (χ4v) is 3.71. The molecule has 3 nitrogen and oxygen atoms in total. The summed E-state index contributed by atoms with van der Waals surface area (Å²) in [6.07, 6.45) is 8.05. The minimum absolute atomic E-state index is 0.0360. The van der Waals surface area contributed by atoms with Crippen LogP contribution in [0.4, 0.5) is 0 Å². The molecule has 1 saturated carbocycles. The van der Waals surface area contributed by atoms with Crippen LogP contribution in [0.25, 0.3) is 0 Å². The van der Waals surface area contributed by atoms with Crippen LogP contribution in [-0.2, 0) is 4.79 Å². The van der Waals surface area contributed by atoms with Crippen LogP contribution in [0, 0.1) is 5.92 Å². The molecule has 2 N–H and O–H groups in total. The zero-order chi connectivity index (χ0) is 12.1. The van der Waals surface area contributed by atoms with Gasteiger partial charge in [0.25, 0.3) is 0 Å². The van der Waals surface area contributed by atoms with Gasteiger partial charge in [-0.15, -0.1) is 11.8 Å². The molecule has 98 valence electrons. The number of hydrogen-bond donors (Lipinski definition) is 2. The van der Waals surface area contributed by atoms with Crippen molar-refractivity contribution in [3.05, 3.63) is 0 Å². The molecule has 0 radical (unpaired) electrons. The largest absolute Gasteiger partial charge is 0.352 e. The van der Waals surface area contributed by atoms with E-state index in [0.717, 1.165) is 24.0 Å². The molecule has 2 fully saturated rings. The van der Waals surface area contributed by atoms with Gasteiger partial charge in [0.05, 0.1) is 6.04 Å². The summed E-state index contributed by atoms with van der Waals surface area (Å²) in [6.45, 7) is 2.13. The summed E-state index contributed by atoms with van der Waals surface area (Å²) in [4.78, 5) is 11.9. The third kappa shape index (κ3) is 4.18. The van der Waals surface area contributed by atoms with Crippen LogP contribution in [0.2, 0.25) is 0 Å². The molecule has 0 unspecified atom stereocenters. The summed E-state index contributed by atoms with van der Waals surface area (Å²) < 4.78 is 0. The Morgan fingerprint density at radius 3 is 2.88 bits per heavy atom. The second-order valence-corrected chi connectivity index (χ2v) is 6.44. The molecule has 2 aliphatic rings. The van der Waals surface area contributed by atoms with Crippen molar-refractivity contribution in [1.29, 1.82) is 0 Å². The lowest BCUT2D eigenvalue weighted by Crippen LogP contribution is -2.45. The Morgan fingerprint density at radius 1 is 1.47 bits per heavy atom. The highest BCUT2D eigenvalue weighted by atomic mass is 32.2. The number of amides is 1. The molecule has 1 amide bonds. The fraction of sp³-hybridized carbons (Fsp3) is 0.923. The van der Waals surface area contributed by atoms with E-state index in [-0.39, 0.29) is 11.9 Å². The molecule has 0 aromatic rings. The molecule has 2 atom stereocenters. The Balaban J connectivity index is 1.62. The first-order valence-electron chi connectivity index (χ1n) is 6.87. The number of nitrogens with one attached hydrogen (secondary N) is 2. The first kappa shape index (κ1) is 13.2. The van der Waals surface area contributed by atoms with E-state index in [2.05, 4.69) is 17.6 Å². The first-order valence-corrected chi connectivity index (χ1v) is 8.02. The molecular formula is C13H24N2OS. The first-order chi connectivity index (χ1) is 8.25. The molecule has 1 heterocycles. The van der Waals surface area contributed by atoms with Crippen molar-refractivity contribution in [3.63, 3.8) is 0 Å². The van der Waals surface area contributed by atoms with Gasteiger partial charge in [-0.3, -0.25) is 10.1 Å². The van der Waals surface area contributed by atoms with Crippen LogP contribution in [0.3, 0.4) is 0 Å². The van der Waals surface area contributed by atoms with E-state index < -0.39 is 0 Å². The molecule has 0 aromatic heterocycles. The second-order valence-electron chi connectivity index (χ2n) is 5.41. The zero-order valence-corrected chi connectivity index (χ0v) is 11.5. The predicted octanol–water partition coefficient (Wildman–Crippen LogP) is 2.12. The Morgan fingerprint density at radius 2 is 2.24 bits per heavy atom. The number of carbonyl (C=O) groups excluding carboxylic acids is 1. The molecule has 2 rings (SSSR count). The lowest BCUT2D eigenvalue weighted by molar-refractivity contribution is -0.123. The SMILES string of the molecule is C[C@H](CCC1CCCC1)NC(=O)[C@@H]1CSCN1. The van der Waals surface area contributed by atoms with Gasteiger partial charge < -0.3 is 5.32 Å². The van der Waals surface area contributed by atoms with E-state index in [0.29, 0.717) is 6.04 Å². The number of hydrogen-bond acceptors (Lipinski definition) is 3. The molecule has 4 heteroatoms. The molecule has 1 saturated heterocycles. The van der Waals surface area contributed by atoms with Crippen LogP contribution in [0.15, 0.2) is 0 Å². The molecule has 17 heavy (non-hydrogen) atoms. The van der Waals surface area contributed by atoms with Crippen LogP contribution < -0.4 is 10.6 Å². The smallest absolute Gasteiger partial charge is 0.238 e. The highest BCUT2D eigenvalue weighted by molar-refractivity contribution is 7.99. The molecule has 0 bridgehead atoms. The third-order valence-electron chi connectivity index (χ3n) is 3.90. The van der Waals surface area contributed by atoms with Crippen molar-refractivity contribution >= 4 is 17.7 Å². The van der Waals surface area contributed by atoms with Crippen molar-refractivity contribution in [1.82, 2.24) is 10.6 Å². The lowest BCUT2D eigenvalue weighted by Gasteiger charge is -2.18. The maximum absolute atomic E-state index is 11.9. The van der Waals surface area contributed by atoms with E-state index in [1.54, 1.807) is 11.8 Å². The van der Waals surface area contributed by atoms with Crippen LogP contribution in [0.1, 0.15) is 45.4 Å². The molecular weight excluding hydrogens is 232 g/mol. The Bertz CT molecular complexity index is 248. The van der Waals surface area contributed by atoms with Gasteiger partial charge in [-0.1, -0.05) is 25.7 Å².